The minimum atomic E-state index is -3.87. The Morgan fingerprint density at radius 1 is 1.05 bits per heavy atom. The van der Waals surface area contributed by atoms with E-state index in [1.54, 1.807) is 0 Å². The number of benzene rings is 2. The Kier molecular flexibility index (Phi) is 10.3. The van der Waals surface area contributed by atoms with Gasteiger partial charge in [-0.3, -0.25) is 13.9 Å². The lowest BCUT2D eigenvalue weighted by atomic mass is 9.95. The molecular weight excluding hydrogens is 533 g/mol. The fraction of sp³-hybridized carbons (Fsp3) is 0.481. The number of aryl methyl sites for hydroxylation is 1. The van der Waals surface area contributed by atoms with Crippen LogP contribution in [0.4, 0.5) is 5.69 Å². The molecule has 0 bridgehead atoms. The summed E-state index contributed by atoms with van der Waals surface area (Å²) < 4.78 is 26.5. The quantitative estimate of drug-likeness (QED) is 0.420. The third-order valence-electron chi connectivity index (χ3n) is 6.59. The van der Waals surface area contributed by atoms with E-state index in [2.05, 4.69) is 5.32 Å². The van der Waals surface area contributed by atoms with E-state index in [1.165, 1.54) is 23.1 Å². The van der Waals surface area contributed by atoms with Crippen molar-refractivity contribution in [1.29, 1.82) is 0 Å². The summed E-state index contributed by atoms with van der Waals surface area (Å²) in [6, 6.07) is 11.4. The van der Waals surface area contributed by atoms with Crippen molar-refractivity contribution in [2.24, 2.45) is 0 Å². The van der Waals surface area contributed by atoms with Crippen LogP contribution in [0, 0.1) is 6.92 Å². The Hall–Kier alpha value is -2.29. The second-order valence-electron chi connectivity index (χ2n) is 9.68. The highest BCUT2D eigenvalue weighted by molar-refractivity contribution is 7.92. The summed E-state index contributed by atoms with van der Waals surface area (Å²) in [6.45, 7) is 3.49. The van der Waals surface area contributed by atoms with Gasteiger partial charge in [0.05, 0.1) is 11.9 Å². The summed E-state index contributed by atoms with van der Waals surface area (Å²) in [6.07, 6.45) is 6.55. The maximum Gasteiger partial charge on any atom is 0.244 e. The third-order valence-corrected chi connectivity index (χ3v) is 8.16. The molecule has 1 aliphatic rings. The number of nitrogens with one attached hydrogen (secondary N) is 1. The molecule has 0 aliphatic heterocycles. The molecule has 1 saturated carbocycles. The lowest BCUT2D eigenvalue weighted by molar-refractivity contribution is -0.140. The van der Waals surface area contributed by atoms with Gasteiger partial charge >= 0.3 is 0 Å². The van der Waals surface area contributed by atoms with E-state index in [-0.39, 0.29) is 34.2 Å². The molecule has 1 fully saturated rings. The molecule has 3 rings (SSSR count). The first kappa shape index (κ1) is 29.3. The average Bonchev–Trinajstić information content (AvgIpc) is 2.81. The predicted octanol–water partition coefficient (Wildman–Crippen LogP) is 5.32. The molecule has 2 amide bonds. The SMILES string of the molecule is CCC(C(=O)NC1CCCCC1)N(Cc1cccc(C)c1)C(=O)CN(c1cc(Cl)cc(Cl)c1)S(C)(=O)=O. The molecule has 0 radical (unpaired) electrons. The predicted molar refractivity (Wildman–Crippen MR) is 149 cm³/mol. The van der Waals surface area contributed by atoms with Gasteiger partial charge in [-0.1, -0.05) is 79.2 Å². The molecule has 202 valence electrons. The molecule has 0 aromatic heterocycles. The molecule has 37 heavy (non-hydrogen) atoms. The number of hydrogen-bond acceptors (Lipinski definition) is 4. The van der Waals surface area contributed by atoms with E-state index in [4.69, 9.17) is 23.2 Å². The molecule has 1 atom stereocenters. The third kappa shape index (κ3) is 8.35. The van der Waals surface area contributed by atoms with Gasteiger partial charge < -0.3 is 10.2 Å². The van der Waals surface area contributed by atoms with Gasteiger partial charge in [-0.05, 0) is 49.9 Å². The van der Waals surface area contributed by atoms with Crippen molar-refractivity contribution in [3.05, 3.63) is 63.6 Å². The second-order valence-corrected chi connectivity index (χ2v) is 12.5. The zero-order valence-electron chi connectivity index (χ0n) is 21.5. The van der Waals surface area contributed by atoms with Crippen molar-refractivity contribution in [1.82, 2.24) is 10.2 Å². The highest BCUT2D eigenvalue weighted by atomic mass is 35.5. The number of anilines is 1. The number of rotatable bonds is 10. The number of carbonyl (C=O) groups excluding carboxylic acids is 2. The Morgan fingerprint density at radius 3 is 2.27 bits per heavy atom. The molecule has 0 spiro atoms. The van der Waals surface area contributed by atoms with Gasteiger partial charge in [-0.15, -0.1) is 0 Å². The van der Waals surface area contributed by atoms with Crippen LogP contribution in [-0.2, 0) is 26.2 Å². The molecular formula is C27H35Cl2N3O4S. The second kappa shape index (κ2) is 13.0. The monoisotopic (exact) mass is 567 g/mol. The maximum absolute atomic E-state index is 13.8. The molecule has 2 aromatic carbocycles. The van der Waals surface area contributed by atoms with Crippen molar-refractivity contribution in [3.63, 3.8) is 0 Å². The van der Waals surface area contributed by atoms with E-state index in [0.29, 0.717) is 6.42 Å². The minimum absolute atomic E-state index is 0.0901. The van der Waals surface area contributed by atoms with Crippen molar-refractivity contribution in [2.75, 3.05) is 17.1 Å². The summed E-state index contributed by atoms with van der Waals surface area (Å²) in [4.78, 5) is 28.7. The van der Waals surface area contributed by atoms with Crippen molar-refractivity contribution >= 4 is 50.7 Å². The fourth-order valence-electron chi connectivity index (χ4n) is 4.77. The van der Waals surface area contributed by atoms with E-state index >= 15 is 0 Å². The standard InChI is InChI=1S/C27H35Cl2N3O4S/c1-4-25(27(34)30-23-11-6-5-7-12-23)31(17-20-10-8-9-19(2)13-20)26(33)18-32(37(3,35)36)24-15-21(28)14-22(29)16-24/h8-10,13-16,23,25H,4-7,11-12,17-18H2,1-3H3,(H,30,34). The first-order chi connectivity index (χ1) is 17.5. The highest BCUT2D eigenvalue weighted by Crippen LogP contribution is 2.27. The summed E-state index contributed by atoms with van der Waals surface area (Å²) in [5.74, 6) is -0.708. The van der Waals surface area contributed by atoms with Crippen molar-refractivity contribution in [3.8, 4) is 0 Å². The highest BCUT2D eigenvalue weighted by Gasteiger charge is 2.33. The van der Waals surface area contributed by atoms with Crippen LogP contribution in [0.25, 0.3) is 0 Å². The van der Waals surface area contributed by atoms with Crippen LogP contribution in [0.5, 0.6) is 0 Å². The van der Waals surface area contributed by atoms with Gasteiger partial charge in [0.15, 0.2) is 0 Å². The molecule has 1 aliphatic carbocycles. The van der Waals surface area contributed by atoms with Crippen molar-refractivity contribution < 1.29 is 18.0 Å². The van der Waals surface area contributed by atoms with Gasteiger partial charge in [-0.25, -0.2) is 8.42 Å². The largest absolute Gasteiger partial charge is 0.352 e. The summed E-state index contributed by atoms with van der Waals surface area (Å²) >= 11 is 12.2. The molecule has 2 aromatic rings. The fourth-order valence-corrected chi connectivity index (χ4v) is 6.12. The number of sulfonamides is 1. The van der Waals surface area contributed by atoms with Crippen LogP contribution < -0.4 is 9.62 Å². The lowest BCUT2D eigenvalue weighted by Gasteiger charge is -2.34. The van der Waals surface area contributed by atoms with Crippen LogP contribution in [0.2, 0.25) is 10.0 Å². The maximum atomic E-state index is 13.8. The van der Waals surface area contributed by atoms with E-state index in [1.807, 2.05) is 38.1 Å². The zero-order valence-corrected chi connectivity index (χ0v) is 23.9. The number of amides is 2. The Morgan fingerprint density at radius 2 is 1.70 bits per heavy atom. The van der Waals surface area contributed by atoms with Crippen LogP contribution in [0.3, 0.4) is 0 Å². The molecule has 0 saturated heterocycles. The number of halogens is 2. The first-order valence-corrected chi connectivity index (χ1v) is 15.2. The zero-order chi connectivity index (χ0) is 27.2. The van der Waals surface area contributed by atoms with Crippen LogP contribution in [0.1, 0.15) is 56.6 Å². The molecule has 1 N–H and O–H groups in total. The summed E-state index contributed by atoms with van der Waals surface area (Å²) in [5.41, 5.74) is 2.06. The van der Waals surface area contributed by atoms with Crippen LogP contribution >= 0.6 is 23.2 Å². The average molecular weight is 569 g/mol. The molecule has 7 nitrogen and oxygen atoms in total. The van der Waals surface area contributed by atoms with Crippen LogP contribution in [0.15, 0.2) is 42.5 Å². The number of carbonyl (C=O) groups is 2. The molecule has 0 heterocycles. The van der Waals surface area contributed by atoms with Gasteiger partial charge in [0.2, 0.25) is 21.8 Å². The Bertz CT molecular complexity index is 1200. The van der Waals surface area contributed by atoms with Gasteiger partial charge in [0.25, 0.3) is 0 Å². The first-order valence-electron chi connectivity index (χ1n) is 12.6. The van der Waals surface area contributed by atoms with E-state index in [9.17, 15) is 18.0 Å². The normalized spacial score (nSPS) is 15.2. The van der Waals surface area contributed by atoms with Gasteiger partial charge in [0, 0.05) is 22.6 Å². The summed E-state index contributed by atoms with van der Waals surface area (Å²) in [5, 5.41) is 3.63. The Labute approximate surface area is 230 Å². The van der Waals surface area contributed by atoms with Crippen molar-refractivity contribution in [2.45, 2.75) is 71.0 Å². The Balaban J connectivity index is 1.93. The topological polar surface area (TPSA) is 86.8 Å². The summed E-state index contributed by atoms with van der Waals surface area (Å²) in [7, 11) is -3.87. The number of nitrogens with zero attached hydrogens (tertiary/aromatic N) is 2. The van der Waals surface area contributed by atoms with E-state index in [0.717, 1.165) is 53.8 Å². The molecule has 10 heteroatoms. The number of hydrogen-bond donors (Lipinski definition) is 1. The lowest BCUT2D eigenvalue weighted by Crippen LogP contribution is -2.53. The minimum Gasteiger partial charge on any atom is -0.352 e. The van der Waals surface area contributed by atoms with Crippen LogP contribution in [-0.4, -0.2) is 50.0 Å². The van der Waals surface area contributed by atoms with Gasteiger partial charge in [-0.2, -0.15) is 0 Å². The van der Waals surface area contributed by atoms with E-state index < -0.39 is 28.5 Å². The molecule has 1 unspecified atom stereocenters. The smallest absolute Gasteiger partial charge is 0.244 e. The van der Waals surface area contributed by atoms with Gasteiger partial charge in [0.1, 0.15) is 12.6 Å².